The van der Waals surface area contributed by atoms with Gasteiger partial charge in [0, 0.05) is 6.42 Å². The lowest BCUT2D eigenvalue weighted by Gasteiger charge is -2.28. The molecule has 0 N–H and O–H groups in total. The van der Waals surface area contributed by atoms with Crippen LogP contribution in [0.3, 0.4) is 0 Å². The SMILES string of the molecule is CCCC1CCC(c2ccc(CCC(=O)Oc3ccc(F)cc3)cc2)CC1. The summed E-state index contributed by atoms with van der Waals surface area (Å²) in [6, 6.07) is 14.2. The van der Waals surface area contributed by atoms with Crippen molar-refractivity contribution in [2.75, 3.05) is 0 Å². The lowest BCUT2D eigenvalue weighted by atomic mass is 9.77. The van der Waals surface area contributed by atoms with Crippen LogP contribution in [0.25, 0.3) is 0 Å². The predicted octanol–water partition coefficient (Wildman–Crippen LogP) is 6.44. The van der Waals surface area contributed by atoms with Gasteiger partial charge in [0.05, 0.1) is 0 Å². The van der Waals surface area contributed by atoms with Gasteiger partial charge in [-0.1, -0.05) is 44.0 Å². The number of benzene rings is 2. The monoisotopic (exact) mass is 368 g/mol. The summed E-state index contributed by atoms with van der Waals surface area (Å²) in [5.74, 6) is 1.37. The summed E-state index contributed by atoms with van der Waals surface area (Å²) in [6.45, 7) is 2.28. The maximum atomic E-state index is 12.9. The van der Waals surface area contributed by atoms with E-state index in [0.29, 0.717) is 24.5 Å². The van der Waals surface area contributed by atoms with Gasteiger partial charge in [0.25, 0.3) is 0 Å². The Kier molecular flexibility index (Phi) is 7.03. The van der Waals surface area contributed by atoms with Crippen molar-refractivity contribution < 1.29 is 13.9 Å². The van der Waals surface area contributed by atoms with Gasteiger partial charge in [-0.05, 0) is 79.3 Å². The number of ether oxygens (including phenoxy) is 1. The molecule has 144 valence electrons. The Hall–Kier alpha value is -2.16. The Morgan fingerprint density at radius 3 is 2.30 bits per heavy atom. The molecule has 3 heteroatoms. The van der Waals surface area contributed by atoms with Crippen LogP contribution in [0.4, 0.5) is 4.39 Å². The molecule has 3 rings (SSSR count). The molecular weight excluding hydrogens is 339 g/mol. The average molecular weight is 368 g/mol. The van der Waals surface area contributed by atoms with Gasteiger partial charge in [0.2, 0.25) is 0 Å². The quantitative estimate of drug-likeness (QED) is 0.415. The van der Waals surface area contributed by atoms with Gasteiger partial charge in [0.15, 0.2) is 0 Å². The summed E-state index contributed by atoms with van der Waals surface area (Å²) in [6.07, 6.45) is 8.96. The fraction of sp³-hybridized carbons (Fsp3) is 0.458. The van der Waals surface area contributed by atoms with E-state index >= 15 is 0 Å². The molecule has 1 aliphatic rings. The third-order valence-electron chi connectivity index (χ3n) is 5.66. The van der Waals surface area contributed by atoms with Gasteiger partial charge >= 0.3 is 5.97 Å². The second-order valence-electron chi connectivity index (χ2n) is 7.68. The van der Waals surface area contributed by atoms with Crippen LogP contribution in [-0.2, 0) is 11.2 Å². The molecule has 2 aromatic carbocycles. The molecule has 0 spiro atoms. The third-order valence-corrected chi connectivity index (χ3v) is 5.66. The van der Waals surface area contributed by atoms with Crippen LogP contribution < -0.4 is 4.74 Å². The Bertz CT molecular complexity index is 713. The van der Waals surface area contributed by atoms with Gasteiger partial charge in [0.1, 0.15) is 11.6 Å². The summed E-state index contributed by atoms with van der Waals surface area (Å²) >= 11 is 0. The average Bonchev–Trinajstić information content (AvgIpc) is 2.69. The smallest absolute Gasteiger partial charge is 0.311 e. The normalized spacial score (nSPS) is 19.6. The molecule has 1 saturated carbocycles. The zero-order valence-electron chi connectivity index (χ0n) is 16.1. The van der Waals surface area contributed by atoms with Gasteiger partial charge in [-0.2, -0.15) is 0 Å². The highest BCUT2D eigenvalue weighted by Gasteiger charge is 2.21. The van der Waals surface area contributed by atoms with E-state index in [0.717, 1.165) is 11.5 Å². The fourth-order valence-corrected chi connectivity index (χ4v) is 4.08. The minimum absolute atomic E-state index is 0.292. The fourth-order valence-electron chi connectivity index (χ4n) is 4.08. The van der Waals surface area contributed by atoms with E-state index in [1.807, 2.05) is 0 Å². The first-order chi connectivity index (χ1) is 13.1. The maximum Gasteiger partial charge on any atom is 0.311 e. The van der Waals surface area contributed by atoms with E-state index in [-0.39, 0.29) is 11.8 Å². The van der Waals surface area contributed by atoms with E-state index in [9.17, 15) is 9.18 Å². The van der Waals surface area contributed by atoms with Crippen molar-refractivity contribution in [3.05, 3.63) is 65.5 Å². The Balaban J connectivity index is 1.45. The number of aryl methyl sites for hydroxylation is 1. The van der Waals surface area contributed by atoms with Crippen molar-refractivity contribution in [2.24, 2.45) is 5.92 Å². The maximum absolute atomic E-state index is 12.9. The molecule has 2 aromatic rings. The first-order valence-electron chi connectivity index (χ1n) is 10.2. The summed E-state index contributed by atoms with van der Waals surface area (Å²) in [5, 5.41) is 0. The second kappa shape index (κ2) is 9.68. The number of carbonyl (C=O) groups is 1. The summed E-state index contributed by atoms with van der Waals surface area (Å²) in [5.41, 5.74) is 2.58. The van der Waals surface area contributed by atoms with Crippen LogP contribution in [0, 0.1) is 11.7 Å². The van der Waals surface area contributed by atoms with Gasteiger partial charge < -0.3 is 4.74 Å². The minimum atomic E-state index is -0.339. The number of rotatable bonds is 7. The molecule has 0 saturated heterocycles. The number of hydrogen-bond donors (Lipinski definition) is 0. The van der Waals surface area contributed by atoms with Crippen molar-refractivity contribution in [1.82, 2.24) is 0 Å². The molecular formula is C24H29FO2. The first-order valence-corrected chi connectivity index (χ1v) is 10.2. The van der Waals surface area contributed by atoms with Crippen molar-refractivity contribution >= 4 is 5.97 Å². The molecule has 0 atom stereocenters. The van der Waals surface area contributed by atoms with Crippen LogP contribution in [0.5, 0.6) is 5.75 Å². The van der Waals surface area contributed by atoms with Crippen molar-refractivity contribution in [3.8, 4) is 5.75 Å². The van der Waals surface area contributed by atoms with Crippen LogP contribution in [0.2, 0.25) is 0 Å². The highest BCUT2D eigenvalue weighted by molar-refractivity contribution is 5.72. The van der Waals surface area contributed by atoms with Crippen LogP contribution in [0.15, 0.2) is 48.5 Å². The molecule has 0 radical (unpaired) electrons. The second-order valence-corrected chi connectivity index (χ2v) is 7.68. The number of carbonyl (C=O) groups excluding carboxylic acids is 1. The summed E-state index contributed by atoms with van der Waals surface area (Å²) in [4.78, 5) is 12.0. The number of halogens is 1. The molecule has 0 bridgehead atoms. The van der Waals surface area contributed by atoms with E-state index in [1.54, 1.807) is 0 Å². The number of esters is 1. The molecule has 2 nitrogen and oxygen atoms in total. The lowest BCUT2D eigenvalue weighted by molar-refractivity contribution is -0.134. The van der Waals surface area contributed by atoms with E-state index in [2.05, 4.69) is 31.2 Å². The first kappa shape index (κ1) is 19.6. The summed E-state index contributed by atoms with van der Waals surface area (Å²) < 4.78 is 18.1. The van der Waals surface area contributed by atoms with Crippen LogP contribution >= 0.6 is 0 Å². The lowest BCUT2D eigenvalue weighted by Crippen LogP contribution is -2.13. The standard InChI is InChI=1S/C24H29FO2/c1-2-3-18-4-9-20(10-5-18)21-11-6-19(7-12-21)8-17-24(26)27-23-15-13-22(25)14-16-23/h6-7,11-16,18,20H,2-5,8-10,17H2,1H3. The molecule has 0 amide bonds. The summed E-state index contributed by atoms with van der Waals surface area (Å²) in [7, 11) is 0. The Morgan fingerprint density at radius 1 is 1.00 bits per heavy atom. The highest BCUT2D eigenvalue weighted by atomic mass is 19.1. The molecule has 27 heavy (non-hydrogen) atoms. The zero-order chi connectivity index (χ0) is 19.1. The predicted molar refractivity (Wildman–Crippen MR) is 106 cm³/mol. The molecule has 1 aliphatic carbocycles. The highest BCUT2D eigenvalue weighted by Crippen LogP contribution is 2.37. The topological polar surface area (TPSA) is 26.3 Å². The third kappa shape index (κ3) is 5.92. The van der Waals surface area contributed by atoms with Crippen molar-refractivity contribution in [2.45, 2.75) is 64.2 Å². The largest absolute Gasteiger partial charge is 0.427 e. The molecule has 0 unspecified atom stereocenters. The molecule has 0 heterocycles. The molecule has 1 fully saturated rings. The van der Waals surface area contributed by atoms with Crippen LogP contribution in [0.1, 0.15) is 68.9 Å². The molecule has 0 aromatic heterocycles. The Labute approximate surface area is 161 Å². The van der Waals surface area contributed by atoms with Gasteiger partial charge in [-0.15, -0.1) is 0 Å². The van der Waals surface area contributed by atoms with Gasteiger partial charge in [-0.25, -0.2) is 4.39 Å². The minimum Gasteiger partial charge on any atom is -0.427 e. The van der Waals surface area contributed by atoms with Crippen molar-refractivity contribution in [3.63, 3.8) is 0 Å². The number of hydrogen-bond acceptors (Lipinski definition) is 2. The van der Waals surface area contributed by atoms with E-state index in [4.69, 9.17) is 4.74 Å². The van der Waals surface area contributed by atoms with Gasteiger partial charge in [-0.3, -0.25) is 4.79 Å². The van der Waals surface area contributed by atoms with E-state index in [1.165, 1.54) is 68.4 Å². The van der Waals surface area contributed by atoms with Crippen LogP contribution in [-0.4, -0.2) is 5.97 Å². The zero-order valence-corrected chi connectivity index (χ0v) is 16.1. The Morgan fingerprint density at radius 2 is 1.67 bits per heavy atom. The molecule has 0 aliphatic heterocycles. The van der Waals surface area contributed by atoms with Crippen molar-refractivity contribution in [1.29, 1.82) is 0 Å². The van der Waals surface area contributed by atoms with E-state index < -0.39 is 0 Å².